The Morgan fingerprint density at radius 2 is 1.58 bits per heavy atom. The molecule has 0 aliphatic carbocycles. The standard InChI is InChI=1S/C18H28ClN5O6S/c1-12(17(30-5)18-20-6-13(19)7-21-18)31(25,26)11-16-23-22-15(10-29-4)24(16)14(8-27-2)9-28-3/h6-7,12,14,17H,8-11H2,1-5H3/t12-,17-/m0/s1. The van der Waals surface area contributed by atoms with Gasteiger partial charge < -0.3 is 23.5 Å². The summed E-state index contributed by atoms with van der Waals surface area (Å²) in [5.74, 6) is 0.581. The van der Waals surface area contributed by atoms with Crippen molar-refractivity contribution in [2.45, 2.75) is 36.7 Å². The Hall–Kier alpha value is -1.70. The third kappa shape index (κ3) is 6.40. The lowest BCUT2D eigenvalue weighted by molar-refractivity contribution is 0.0825. The van der Waals surface area contributed by atoms with E-state index in [9.17, 15) is 8.42 Å². The zero-order valence-electron chi connectivity index (χ0n) is 18.2. The largest absolute Gasteiger partial charge is 0.382 e. The summed E-state index contributed by atoms with van der Waals surface area (Å²) in [4.78, 5) is 8.20. The molecule has 0 aliphatic rings. The Balaban J connectivity index is 2.37. The van der Waals surface area contributed by atoms with E-state index in [-0.39, 0.29) is 43.3 Å². The van der Waals surface area contributed by atoms with E-state index in [2.05, 4.69) is 20.2 Å². The number of rotatable bonds is 13. The molecule has 0 saturated carbocycles. The Kier molecular flexibility index (Phi) is 9.72. The van der Waals surface area contributed by atoms with Gasteiger partial charge in [0.25, 0.3) is 0 Å². The molecule has 0 unspecified atom stereocenters. The van der Waals surface area contributed by atoms with Crippen LogP contribution in [0.15, 0.2) is 12.4 Å². The van der Waals surface area contributed by atoms with Crippen LogP contribution >= 0.6 is 11.6 Å². The van der Waals surface area contributed by atoms with Crippen molar-refractivity contribution in [3.8, 4) is 0 Å². The van der Waals surface area contributed by atoms with Gasteiger partial charge in [0.1, 0.15) is 24.3 Å². The molecule has 0 N–H and O–H groups in total. The van der Waals surface area contributed by atoms with Crippen LogP contribution in [0.3, 0.4) is 0 Å². The molecule has 31 heavy (non-hydrogen) atoms. The van der Waals surface area contributed by atoms with Crippen molar-refractivity contribution in [3.05, 3.63) is 34.9 Å². The summed E-state index contributed by atoms with van der Waals surface area (Å²) >= 11 is 5.83. The lowest BCUT2D eigenvalue weighted by Crippen LogP contribution is -2.31. The van der Waals surface area contributed by atoms with Crippen molar-refractivity contribution in [3.63, 3.8) is 0 Å². The fourth-order valence-corrected chi connectivity index (χ4v) is 4.69. The Bertz CT molecular complexity index is 918. The summed E-state index contributed by atoms with van der Waals surface area (Å²) in [6, 6.07) is -0.325. The van der Waals surface area contributed by atoms with E-state index in [1.54, 1.807) is 25.7 Å². The highest BCUT2D eigenvalue weighted by Gasteiger charge is 2.35. The third-order valence-electron chi connectivity index (χ3n) is 4.67. The molecule has 0 bridgehead atoms. The summed E-state index contributed by atoms with van der Waals surface area (Å²) in [5.41, 5.74) is 0. The van der Waals surface area contributed by atoms with Crippen molar-refractivity contribution in [1.82, 2.24) is 24.7 Å². The van der Waals surface area contributed by atoms with Gasteiger partial charge in [-0.05, 0) is 6.92 Å². The van der Waals surface area contributed by atoms with Gasteiger partial charge >= 0.3 is 0 Å². The summed E-state index contributed by atoms with van der Waals surface area (Å²) in [6.07, 6.45) is 1.90. The third-order valence-corrected chi connectivity index (χ3v) is 6.90. The van der Waals surface area contributed by atoms with Gasteiger partial charge in [0.15, 0.2) is 21.5 Å². The second kappa shape index (κ2) is 11.8. The molecule has 13 heteroatoms. The Morgan fingerprint density at radius 3 is 2.10 bits per heavy atom. The van der Waals surface area contributed by atoms with Crippen molar-refractivity contribution >= 4 is 21.4 Å². The minimum absolute atomic E-state index is 0.159. The SMILES string of the molecule is COCc1nnc(CS(=O)(=O)[C@@H](C)[C@H](OC)c2ncc(Cl)cn2)n1C(COC)COC. The van der Waals surface area contributed by atoms with Gasteiger partial charge in [-0.3, -0.25) is 0 Å². The minimum atomic E-state index is -3.75. The average molecular weight is 478 g/mol. The first-order chi connectivity index (χ1) is 14.8. The number of hydrogen-bond acceptors (Lipinski definition) is 10. The van der Waals surface area contributed by atoms with E-state index < -0.39 is 21.2 Å². The molecule has 174 valence electrons. The zero-order valence-corrected chi connectivity index (χ0v) is 19.8. The lowest BCUT2D eigenvalue weighted by Gasteiger charge is -2.23. The second-order valence-electron chi connectivity index (χ2n) is 6.83. The minimum Gasteiger partial charge on any atom is -0.382 e. The summed E-state index contributed by atoms with van der Waals surface area (Å²) in [5, 5.41) is 7.60. The molecule has 2 rings (SSSR count). The molecule has 0 amide bonds. The number of ether oxygens (including phenoxy) is 4. The Morgan fingerprint density at radius 1 is 1.00 bits per heavy atom. The first-order valence-electron chi connectivity index (χ1n) is 9.40. The van der Waals surface area contributed by atoms with Gasteiger partial charge in [0.2, 0.25) is 0 Å². The van der Waals surface area contributed by atoms with Crippen molar-refractivity contribution < 1.29 is 27.4 Å². The van der Waals surface area contributed by atoms with Crippen LogP contribution in [0.2, 0.25) is 5.02 Å². The fourth-order valence-electron chi connectivity index (χ4n) is 3.17. The van der Waals surface area contributed by atoms with Gasteiger partial charge in [0.05, 0.1) is 29.5 Å². The van der Waals surface area contributed by atoms with Gasteiger partial charge in [-0.15, -0.1) is 10.2 Å². The normalized spacial score (nSPS) is 14.2. The highest BCUT2D eigenvalue weighted by atomic mass is 35.5. The van der Waals surface area contributed by atoms with E-state index in [1.165, 1.54) is 26.6 Å². The first-order valence-corrected chi connectivity index (χ1v) is 11.5. The first kappa shape index (κ1) is 25.6. The van der Waals surface area contributed by atoms with Crippen molar-refractivity contribution in [2.75, 3.05) is 41.7 Å². The predicted octanol–water partition coefficient (Wildman–Crippen LogP) is 1.39. The van der Waals surface area contributed by atoms with Gasteiger partial charge in [-0.1, -0.05) is 11.6 Å². The maximum Gasteiger partial charge on any atom is 0.163 e. The molecule has 0 fully saturated rings. The predicted molar refractivity (Wildman–Crippen MR) is 112 cm³/mol. The number of sulfone groups is 1. The number of methoxy groups -OCH3 is 4. The Labute approximate surface area is 187 Å². The molecule has 2 aromatic rings. The van der Waals surface area contributed by atoms with E-state index in [0.717, 1.165) is 0 Å². The van der Waals surface area contributed by atoms with Crippen molar-refractivity contribution in [1.29, 1.82) is 0 Å². The number of aromatic nitrogens is 5. The number of nitrogens with zero attached hydrogens (tertiary/aromatic N) is 5. The highest BCUT2D eigenvalue weighted by Crippen LogP contribution is 2.26. The molecule has 0 aromatic carbocycles. The quantitative estimate of drug-likeness (QED) is 0.417. The monoisotopic (exact) mass is 477 g/mol. The van der Waals surface area contributed by atoms with Crippen LogP contribution in [-0.2, 0) is 41.1 Å². The summed E-state index contributed by atoms with van der Waals surface area (Å²) < 4.78 is 49.4. The highest BCUT2D eigenvalue weighted by molar-refractivity contribution is 7.91. The topological polar surface area (TPSA) is 128 Å². The van der Waals surface area contributed by atoms with E-state index in [4.69, 9.17) is 30.5 Å². The molecule has 11 nitrogen and oxygen atoms in total. The van der Waals surface area contributed by atoms with Crippen LogP contribution in [0, 0.1) is 0 Å². The molecule has 0 saturated heterocycles. The van der Waals surface area contributed by atoms with E-state index in [1.807, 2.05) is 0 Å². The van der Waals surface area contributed by atoms with Crippen molar-refractivity contribution in [2.24, 2.45) is 0 Å². The lowest BCUT2D eigenvalue weighted by atomic mass is 10.2. The van der Waals surface area contributed by atoms with E-state index >= 15 is 0 Å². The number of hydrogen-bond donors (Lipinski definition) is 0. The van der Waals surface area contributed by atoms with Crippen LogP contribution in [0.1, 0.15) is 36.5 Å². The summed E-state index contributed by atoms with van der Waals surface area (Å²) in [6.45, 7) is 2.26. The van der Waals surface area contributed by atoms with Gasteiger partial charge in [-0.25, -0.2) is 18.4 Å². The summed E-state index contributed by atoms with van der Waals surface area (Å²) in [7, 11) is 2.28. The molecule has 2 atom stereocenters. The van der Waals surface area contributed by atoms with Crippen LogP contribution in [0.4, 0.5) is 0 Å². The van der Waals surface area contributed by atoms with Crippen LogP contribution in [0.25, 0.3) is 0 Å². The maximum atomic E-state index is 13.3. The molecule has 0 spiro atoms. The molecule has 2 heterocycles. The van der Waals surface area contributed by atoms with E-state index in [0.29, 0.717) is 10.8 Å². The van der Waals surface area contributed by atoms with Gasteiger partial charge in [-0.2, -0.15) is 0 Å². The van der Waals surface area contributed by atoms with Gasteiger partial charge in [0, 0.05) is 40.8 Å². The maximum absolute atomic E-state index is 13.3. The van der Waals surface area contributed by atoms with Crippen LogP contribution in [0.5, 0.6) is 0 Å². The smallest absolute Gasteiger partial charge is 0.163 e. The average Bonchev–Trinajstić information content (AvgIpc) is 3.11. The molecular weight excluding hydrogens is 450 g/mol. The fraction of sp³-hybridized carbons (Fsp3) is 0.667. The number of halogens is 1. The van der Waals surface area contributed by atoms with Crippen LogP contribution in [-0.4, -0.2) is 80.1 Å². The molecular formula is C18H28ClN5O6S. The van der Waals surface area contributed by atoms with Crippen LogP contribution < -0.4 is 0 Å². The zero-order chi connectivity index (χ0) is 23.0. The second-order valence-corrected chi connectivity index (χ2v) is 9.62. The molecule has 2 aromatic heterocycles. The molecule has 0 radical (unpaired) electrons. The molecule has 0 aliphatic heterocycles.